The fraction of sp³-hybridized carbons (Fsp3) is 0.360. The third-order valence-corrected chi connectivity index (χ3v) is 5.65. The molecule has 0 saturated carbocycles. The van der Waals surface area contributed by atoms with Crippen molar-refractivity contribution in [2.75, 3.05) is 19.7 Å². The van der Waals surface area contributed by atoms with Crippen molar-refractivity contribution >= 4 is 16.7 Å². The summed E-state index contributed by atoms with van der Waals surface area (Å²) in [6.07, 6.45) is 3.09. The van der Waals surface area contributed by atoms with Crippen molar-refractivity contribution in [2.24, 2.45) is 5.92 Å². The molecule has 2 unspecified atom stereocenters. The number of piperidine rings is 1. The van der Waals surface area contributed by atoms with Crippen LogP contribution in [0.4, 0.5) is 0 Å². The highest BCUT2D eigenvalue weighted by Crippen LogP contribution is 2.36. The number of pyridine rings is 1. The molecular weight excluding hydrogens is 376 g/mol. The lowest BCUT2D eigenvalue weighted by atomic mass is 9.90. The number of hydrogen-bond acceptors (Lipinski definition) is 5. The molecule has 4 rings (SSSR count). The highest BCUT2D eigenvalue weighted by molar-refractivity contribution is 5.92. The third kappa shape index (κ3) is 4.17. The zero-order chi connectivity index (χ0) is 20.9. The summed E-state index contributed by atoms with van der Waals surface area (Å²) in [5.74, 6) is 1.76. The molecule has 0 radical (unpaired) electrons. The average Bonchev–Trinajstić information content (AvgIpc) is 2.80. The van der Waals surface area contributed by atoms with Crippen molar-refractivity contribution < 1.29 is 14.3 Å². The second-order valence-electron chi connectivity index (χ2n) is 7.55. The first kappa shape index (κ1) is 20.4. The summed E-state index contributed by atoms with van der Waals surface area (Å²) in [4.78, 5) is 16.8. The first-order chi connectivity index (χ1) is 14.7. The molecular formula is C25H28N2O3. The standard InChI is InChI=1S/C25H28N2O3/c1-3-22(28)21-16-26-15-13-23(21)30-19-10-7-17(8-11-19)20-12-9-18-6-5-14-27-24(18)25(20)29-4-2/h5-12,14,21,23,26H,3-4,13,15-16H2,1-2H3. The monoisotopic (exact) mass is 404 g/mol. The maximum atomic E-state index is 12.3. The molecule has 2 heterocycles. The van der Waals surface area contributed by atoms with E-state index in [1.807, 2.05) is 50.2 Å². The van der Waals surface area contributed by atoms with Gasteiger partial charge in [0.05, 0.1) is 12.5 Å². The number of carbonyl (C=O) groups excluding carboxylic acids is 1. The number of Topliss-reactive ketones (excluding diaryl/α,β-unsaturated/α-hetero) is 1. The third-order valence-electron chi connectivity index (χ3n) is 5.65. The number of ether oxygens (including phenoxy) is 2. The van der Waals surface area contributed by atoms with E-state index in [-0.39, 0.29) is 17.8 Å². The van der Waals surface area contributed by atoms with Crippen molar-refractivity contribution in [3.63, 3.8) is 0 Å². The highest BCUT2D eigenvalue weighted by Gasteiger charge is 2.31. The molecule has 3 aromatic rings. The molecule has 2 aromatic carbocycles. The van der Waals surface area contributed by atoms with Gasteiger partial charge in [0.25, 0.3) is 0 Å². The van der Waals surface area contributed by atoms with Gasteiger partial charge in [0.2, 0.25) is 0 Å². The highest BCUT2D eigenvalue weighted by atomic mass is 16.5. The summed E-state index contributed by atoms with van der Waals surface area (Å²) >= 11 is 0. The van der Waals surface area contributed by atoms with Crippen LogP contribution in [0.1, 0.15) is 26.7 Å². The fourth-order valence-corrected chi connectivity index (χ4v) is 4.08. The second-order valence-corrected chi connectivity index (χ2v) is 7.55. The number of rotatable bonds is 7. The summed E-state index contributed by atoms with van der Waals surface area (Å²) in [6.45, 7) is 6.04. The molecule has 0 bridgehead atoms. The van der Waals surface area contributed by atoms with Crippen LogP contribution >= 0.6 is 0 Å². The zero-order valence-electron chi connectivity index (χ0n) is 17.6. The van der Waals surface area contributed by atoms with Gasteiger partial charge < -0.3 is 14.8 Å². The van der Waals surface area contributed by atoms with Crippen LogP contribution in [0.2, 0.25) is 0 Å². The van der Waals surface area contributed by atoms with Crippen LogP contribution in [0, 0.1) is 5.92 Å². The molecule has 0 amide bonds. The molecule has 2 atom stereocenters. The summed E-state index contributed by atoms with van der Waals surface area (Å²) in [5, 5.41) is 4.37. The van der Waals surface area contributed by atoms with Crippen LogP contribution < -0.4 is 14.8 Å². The van der Waals surface area contributed by atoms with E-state index in [1.165, 1.54) is 0 Å². The van der Waals surface area contributed by atoms with Crippen LogP contribution in [0.5, 0.6) is 11.5 Å². The van der Waals surface area contributed by atoms with Crippen molar-refractivity contribution in [2.45, 2.75) is 32.8 Å². The largest absolute Gasteiger partial charge is 0.491 e. The topological polar surface area (TPSA) is 60.5 Å². The van der Waals surface area contributed by atoms with E-state index in [1.54, 1.807) is 6.20 Å². The normalized spacial score (nSPS) is 18.9. The van der Waals surface area contributed by atoms with E-state index in [0.29, 0.717) is 19.6 Å². The molecule has 5 nitrogen and oxygen atoms in total. The van der Waals surface area contributed by atoms with Crippen LogP contribution in [-0.4, -0.2) is 36.6 Å². The molecule has 0 spiro atoms. The number of aromatic nitrogens is 1. The Balaban J connectivity index is 1.59. The quantitative estimate of drug-likeness (QED) is 0.622. The summed E-state index contributed by atoms with van der Waals surface area (Å²) in [5.41, 5.74) is 2.92. The van der Waals surface area contributed by atoms with E-state index in [9.17, 15) is 4.79 Å². The van der Waals surface area contributed by atoms with Crippen LogP contribution in [0.15, 0.2) is 54.7 Å². The maximum absolute atomic E-state index is 12.3. The second kappa shape index (κ2) is 9.26. The van der Waals surface area contributed by atoms with Gasteiger partial charge in [-0.25, -0.2) is 0 Å². The van der Waals surface area contributed by atoms with Gasteiger partial charge in [-0.2, -0.15) is 0 Å². The number of nitrogens with zero attached hydrogens (tertiary/aromatic N) is 1. The van der Waals surface area contributed by atoms with Gasteiger partial charge in [0.1, 0.15) is 23.2 Å². The van der Waals surface area contributed by atoms with E-state index in [2.05, 4.69) is 22.4 Å². The SMILES string of the molecule is CCOc1c(-c2ccc(OC3CCNCC3C(=O)CC)cc2)ccc2cccnc12. The molecule has 5 heteroatoms. The van der Waals surface area contributed by atoms with Crippen molar-refractivity contribution in [3.05, 3.63) is 54.7 Å². The number of ketones is 1. The van der Waals surface area contributed by atoms with Gasteiger partial charge in [-0.3, -0.25) is 9.78 Å². The maximum Gasteiger partial charge on any atom is 0.153 e. The predicted molar refractivity (Wildman–Crippen MR) is 119 cm³/mol. The minimum atomic E-state index is -0.0838. The lowest BCUT2D eigenvalue weighted by molar-refractivity contribution is -0.126. The molecule has 1 aliphatic rings. The van der Waals surface area contributed by atoms with Crippen molar-refractivity contribution in [1.29, 1.82) is 0 Å². The van der Waals surface area contributed by atoms with Crippen molar-refractivity contribution in [1.82, 2.24) is 10.3 Å². The Morgan fingerprint density at radius 3 is 2.73 bits per heavy atom. The Hall–Kier alpha value is -2.92. The smallest absolute Gasteiger partial charge is 0.153 e. The summed E-state index contributed by atoms with van der Waals surface area (Å²) < 4.78 is 12.2. The Bertz CT molecular complexity index is 1020. The summed E-state index contributed by atoms with van der Waals surface area (Å²) in [6, 6.07) is 16.2. The number of benzene rings is 2. The lowest BCUT2D eigenvalue weighted by Crippen LogP contribution is -2.46. The number of carbonyl (C=O) groups is 1. The Labute approximate surface area is 177 Å². The molecule has 1 aliphatic heterocycles. The minimum absolute atomic E-state index is 0.0756. The molecule has 1 N–H and O–H groups in total. The Kier molecular flexibility index (Phi) is 6.29. The van der Waals surface area contributed by atoms with Gasteiger partial charge >= 0.3 is 0 Å². The molecule has 156 valence electrons. The van der Waals surface area contributed by atoms with Gasteiger partial charge in [-0.15, -0.1) is 0 Å². The van der Waals surface area contributed by atoms with Gasteiger partial charge in [0.15, 0.2) is 5.75 Å². The molecule has 1 aromatic heterocycles. The van der Waals surface area contributed by atoms with E-state index in [0.717, 1.165) is 46.5 Å². The molecule has 1 fully saturated rings. The molecule has 1 saturated heterocycles. The first-order valence-electron chi connectivity index (χ1n) is 10.7. The Morgan fingerprint density at radius 2 is 1.97 bits per heavy atom. The number of hydrogen-bond donors (Lipinski definition) is 1. The van der Waals surface area contributed by atoms with E-state index < -0.39 is 0 Å². The minimum Gasteiger partial charge on any atom is -0.491 e. The predicted octanol–water partition coefficient (Wildman–Crippen LogP) is 4.64. The summed E-state index contributed by atoms with van der Waals surface area (Å²) in [7, 11) is 0. The van der Waals surface area contributed by atoms with Gasteiger partial charge in [0, 0.05) is 30.1 Å². The lowest BCUT2D eigenvalue weighted by Gasteiger charge is -2.31. The number of nitrogens with one attached hydrogen (secondary N) is 1. The zero-order valence-corrected chi connectivity index (χ0v) is 17.6. The Morgan fingerprint density at radius 1 is 1.13 bits per heavy atom. The van der Waals surface area contributed by atoms with Crippen LogP contribution in [0.25, 0.3) is 22.0 Å². The van der Waals surface area contributed by atoms with Gasteiger partial charge in [-0.1, -0.05) is 31.2 Å². The van der Waals surface area contributed by atoms with E-state index in [4.69, 9.17) is 9.47 Å². The van der Waals surface area contributed by atoms with E-state index >= 15 is 0 Å². The van der Waals surface area contributed by atoms with Crippen LogP contribution in [-0.2, 0) is 4.79 Å². The van der Waals surface area contributed by atoms with Crippen molar-refractivity contribution in [3.8, 4) is 22.6 Å². The number of fused-ring (bicyclic) bond motifs is 1. The van der Waals surface area contributed by atoms with Crippen LogP contribution in [0.3, 0.4) is 0 Å². The molecule has 0 aliphatic carbocycles. The fourth-order valence-electron chi connectivity index (χ4n) is 4.08. The first-order valence-corrected chi connectivity index (χ1v) is 10.7. The average molecular weight is 405 g/mol. The molecule has 30 heavy (non-hydrogen) atoms. The van der Waals surface area contributed by atoms with Gasteiger partial charge in [-0.05, 0) is 49.7 Å².